The van der Waals surface area contributed by atoms with Crippen molar-refractivity contribution in [2.75, 3.05) is 33.4 Å². The Labute approximate surface area is 103 Å². The van der Waals surface area contributed by atoms with Gasteiger partial charge >= 0.3 is 0 Å². The zero-order valence-corrected chi connectivity index (χ0v) is 11.1. The summed E-state index contributed by atoms with van der Waals surface area (Å²) in [5.74, 6) is 0.0928. The summed E-state index contributed by atoms with van der Waals surface area (Å²) >= 11 is 0. The first kappa shape index (κ1) is 14.4. The molecule has 1 aliphatic heterocycles. The average Bonchev–Trinajstić information content (AvgIpc) is 2.38. The third-order valence-corrected chi connectivity index (χ3v) is 3.09. The maximum absolute atomic E-state index is 11.9. The molecule has 0 aromatic rings. The van der Waals surface area contributed by atoms with Crippen molar-refractivity contribution in [1.82, 2.24) is 10.2 Å². The number of hydrogen-bond acceptors (Lipinski definition) is 4. The Kier molecular flexibility index (Phi) is 6.47. The quantitative estimate of drug-likeness (QED) is 0.695. The molecule has 17 heavy (non-hydrogen) atoms. The minimum absolute atomic E-state index is 0.0928. The van der Waals surface area contributed by atoms with Crippen LogP contribution in [-0.4, -0.2) is 56.5 Å². The summed E-state index contributed by atoms with van der Waals surface area (Å²) in [4.78, 5) is 14.0. The van der Waals surface area contributed by atoms with Crippen molar-refractivity contribution in [3.8, 4) is 0 Å². The van der Waals surface area contributed by atoms with Crippen LogP contribution in [0.15, 0.2) is 0 Å². The maximum Gasteiger partial charge on any atom is 0.237 e. The summed E-state index contributed by atoms with van der Waals surface area (Å²) in [6.45, 7) is 6.85. The molecule has 1 fully saturated rings. The van der Waals surface area contributed by atoms with Crippen molar-refractivity contribution in [2.45, 2.75) is 39.0 Å². The summed E-state index contributed by atoms with van der Waals surface area (Å²) < 4.78 is 10.5. The lowest BCUT2D eigenvalue weighted by molar-refractivity contribution is -0.172. The Hall–Kier alpha value is -0.650. The molecule has 0 unspecified atom stereocenters. The van der Waals surface area contributed by atoms with Gasteiger partial charge in [-0.05, 0) is 13.3 Å². The minimum Gasteiger partial charge on any atom is -0.355 e. The Bertz CT molecular complexity index is 236. The molecule has 0 aliphatic carbocycles. The molecule has 0 radical (unpaired) electrons. The zero-order chi connectivity index (χ0) is 12.7. The van der Waals surface area contributed by atoms with Gasteiger partial charge < -0.3 is 14.8 Å². The Morgan fingerprint density at radius 1 is 1.65 bits per heavy atom. The van der Waals surface area contributed by atoms with E-state index in [0.717, 1.165) is 25.9 Å². The van der Waals surface area contributed by atoms with Crippen molar-refractivity contribution in [1.29, 1.82) is 0 Å². The number of hydrogen-bond donors (Lipinski definition) is 1. The molecule has 0 aromatic heterocycles. The number of morpholine rings is 1. The number of unbranched alkanes of at least 4 members (excludes halogenated alkanes) is 1. The predicted molar refractivity (Wildman–Crippen MR) is 65.7 cm³/mol. The first-order chi connectivity index (χ1) is 8.19. The number of amides is 1. The Morgan fingerprint density at radius 3 is 3.06 bits per heavy atom. The van der Waals surface area contributed by atoms with E-state index >= 15 is 0 Å². The van der Waals surface area contributed by atoms with Crippen molar-refractivity contribution in [2.24, 2.45) is 0 Å². The van der Waals surface area contributed by atoms with Crippen LogP contribution in [-0.2, 0) is 14.3 Å². The van der Waals surface area contributed by atoms with Gasteiger partial charge in [-0.1, -0.05) is 13.3 Å². The van der Waals surface area contributed by atoms with Crippen LogP contribution in [0, 0.1) is 0 Å². The molecule has 1 saturated heterocycles. The monoisotopic (exact) mass is 244 g/mol. The van der Waals surface area contributed by atoms with Crippen molar-refractivity contribution in [3.05, 3.63) is 0 Å². The number of carbonyl (C=O) groups is 1. The lowest BCUT2D eigenvalue weighted by atomic mass is 10.2. The van der Waals surface area contributed by atoms with Crippen molar-refractivity contribution < 1.29 is 14.3 Å². The molecule has 1 N–H and O–H groups in total. The molecule has 1 rings (SSSR count). The largest absolute Gasteiger partial charge is 0.355 e. The summed E-state index contributed by atoms with van der Waals surface area (Å²) in [5.41, 5.74) is 0. The Morgan fingerprint density at radius 2 is 2.41 bits per heavy atom. The second-order valence-electron chi connectivity index (χ2n) is 4.35. The van der Waals surface area contributed by atoms with E-state index in [1.165, 1.54) is 0 Å². The highest BCUT2D eigenvalue weighted by atomic mass is 16.7. The van der Waals surface area contributed by atoms with E-state index in [2.05, 4.69) is 17.1 Å². The molecule has 1 aliphatic rings. The number of ether oxygens (including phenoxy) is 2. The maximum atomic E-state index is 11.9. The standard InChI is InChI=1S/C12H24N2O3/c1-4-5-6-13-12(15)10(2)14-7-8-17-11(9-14)16-3/h10-11H,4-9H2,1-3H3,(H,13,15)/t10-,11+/m1/s1. The molecule has 0 aromatic carbocycles. The average molecular weight is 244 g/mol. The van der Waals surface area contributed by atoms with Gasteiger partial charge in [0.15, 0.2) is 6.29 Å². The topological polar surface area (TPSA) is 50.8 Å². The fourth-order valence-electron chi connectivity index (χ4n) is 1.83. The highest BCUT2D eigenvalue weighted by molar-refractivity contribution is 5.81. The van der Waals surface area contributed by atoms with Crippen LogP contribution in [0.5, 0.6) is 0 Å². The van der Waals surface area contributed by atoms with E-state index in [0.29, 0.717) is 13.2 Å². The van der Waals surface area contributed by atoms with Gasteiger partial charge in [0, 0.05) is 20.2 Å². The van der Waals surface area contributed by atoms with E-state index in [-0.39, 0.29) is 18.2 Å². The summed E-state index contributed by atoms with van der Waals surface area (Å²) in [7, 11) is 1.63. The van der Waals surface area contributed by atoms with Gasteiger partial charge in [0.25, 0.3) is 0 Å². The smallest absolute Gasteiger partial charge is 0.237 e. The summed E-state index contributed by atoms with van der Waals surface area (Å²) in [6.07, 6.45) is 1.91. The SMILES string of the molecule is CCCCNC(=O)[C@@H](C)N1CCO[C@H](OC)C1. The van der Waals surface area contributed by atoms with Crippen LogP contribution in [0.3, 0.4) is 0 Å². The number of nitrogens with one attached hydrogen (secondary N) is 1. The van der Waals surface area contributed by atoms with Crippen LogP contribution >= 0.6 is 0 Å². The number of methoxy groups -OCH3 is 1. The first-order valence-corrected chi connectivity index (χ1v) is 6.35. The van der Waals surface area contributed by atoms with Gasteiger partial charge in [-0.2, -0.15) is 0 Å². The summed E-state index contributed by atoms with van der Waals surface area (Å²) in [5, 5.41) is 2.95. The van der Waals surface area contributed by atoms with Gasteiger partial charge in [0.2, 0.25) is 5.91 Å². The van der Waals surface area contributed by atoms with Crippen molar-refractivity contribution >= 4 is 5.91 Å². The number of rotatable bonds is 6. The normalized spacial score (nSPS) is 23.4. The molecular formula is C12H24N2O3. The van der Waals surface area contributed by atoms with Crippen LogP contribution < -0.4 is 5.32 Å². The van der Waals surface area contributed by atoms with Gasteiger partial charge in [-0.25, -0.2) is 0 Å². The van der Waals surface area contributed by atoms with E-state index in [4.69, 9.17) is 9.47 Å². The van der Waals surface area contributed by atoms with E-state index in [1.807, 2.05) is 6.92 Å². The van der Waals surface area contributed by atoms with E-state index in [1.54, 1.807) is 7.11 Å². The van der Waals surface area contributed by atoms with E-state index in [9.17, 15) is 4.79 Å². The third kappa shape index (κ3) is 4.61. The first-order valence-electron chi connectivity index (χ1n) is 6.35. The highest BCUT2D eigenvalue weighted by Crippen LogP contribution is 2.09. The fraction of sp³-hybridized carbons (Fsp3) is 0.917. The van der Waals surface area contributed by atoms with E-state index < -0.39 is 0 Å². The van der Waals surface area contributed by atoms with Crippen LogP contribution in [0.25, 0.3) is 0 Å². The molecule has 1 amide bonds. The second-order valence-corrected chi connectivity index (χ2v) is 4.35. The number of nitrogens with zero attached hydrogens (tertiary/aromatic N) is 1. The molecule has 5 nitrogen and oxygen atoms in total. The molecular weight excluding hydrogens is 220 g/mol. The lowest BCUT2D eigenvalue weighted by Gasteiger charge is -2.35. The van der Waals surface area contributed by atoms with Gasteiger partial charge in [0.1, 0.15) is 0 Å². The van der Waals surface area contributed by atoms with Gasteiger partial charge in [-0.3, -0.25) is 9.69 Å². The van der Waals surface area contributed by atoms with Crippen molar-refractivity contribution in [3.63, 3.8) is 0 Å². The highest BCUT2D eigenvalue weighted by Gasteiger charge is 2.27. The lowest BCUT2D eigenvalue weighted by Crippen LogP contribution is -2.52. The fourth-order valence-corrected chi connectivity index (χ4v) is 1.83. The molecule has 0 saturated carbocycles. The molecule has 1 heterocycles. The van der Waals surface area contributed by atoms with Crippen LogP contribution in [0.2, 0.25) is 0 Å². The molecule has 0 spiro atoms. The van der Waals surface area contributed by atoms with Gasteiger partial charge in [0.05, 0.1) is 19.2 Å². The van der Waals surface area contributed by atoms with Gasteiger partial charge in [-0.15, -0.1) is 0 Å². The number of carbonyl (C=O) groups excluding carboxylic acids is 1. The molecule has 2 atom stereocenters. The Balaban J connectivity index is 2.34. The molecule has 0 bridgehead atoms. The predicted octanol–water partition coefficient (Wildman–Crippen LogP) is 0.596. The second kappa shape index (κ2) is 7.63. The van der Waals surface area contributed by atoms with Crippen LogP contribution in [0.4, 0.5) is 0 Å². The minimum atomic E-state index is -0.213. The molecule has 100 valence electrons. The van der Waals surface area contributed by atoms with Crippen LogP contribution in [0.1, 0.15) is 26.7 Å². The summed E-state index contributed by atoms with van der Waals surface area (Å²) in [6, 6.07) is -0.117. The third-order valence-electron chi connectivity index (χ3n) is 3.09. The molecule has 5 heteroatoms. The zero-order valence-electron chi connectivity index (χ0n) is 11.1.